The lowest BCUT2D eigenvalue weighted by Gasteiger charge is -2.26. The summed E-state index contributed by atoms with van der Waals surface area (Å²) in [5.74, 6) is 0.841. The molecule has 3 aromatic rings. The number of piperidine rings is 1. The molecular weight excluding hydrogens is 338 g/mol. The third-order valence-corrected chi connectivity index (χ3v) is 4.97. The number of rotatable bonds is 4. The largest absolute Gasteiger partial charge is 0.497 e. The van der Waals surface area contributed by atoms with Gasteiger partial charge >= 0.3 is 0 Å². The molecule has 0 saturated carbocycles. The van der Waals surface area contributed by atoms with Gasteiger partial charge in [-0.25, -0.2) is 4.68 Å². The van der Waals surface area contributed by atoms with Gasteiger partial charge in [0.05, 0.1) is 18.4 Å². The number of methoxy groups -OCH3 is 1. The number of carbonyl (C=O) groups excluding carboxylic acids is 1. The Hall–Kier alpha value is -3.08. The molecule has 138 valence electrons. The topological polar surface area (TPSA) is 47.4 Å². The molecule has 5 heteroatoms. The van der Waals surface area contributed by atoms with Crippen LogP contribution in [0.15, 0.2) is 60.8 Å². The van der Waals surface area contributed by atoms with Gasteiger partial charge in [0.25, 0.3) is 5.91 Å². The SMILES string of the molecule is COc1ccc(-c2nn(-c3ccccc3)cc2C(=O)N2CCCCC2)cc1. The van der Waals surface area contributed by atoms with E-state index in [-0.39, 0.29) is 5.91 Å². The fourth-order valence-electron chi connectivity index (χ4n) is 3.47. The number of aromatic nitrogens is 2. The summed E-state index contributed by atoms with van der Waals surface area (Å²) in [6.45, 7) is 1.63. The predicted octanol–water partition coefficient (Wildman–Crippen LogP) is 4.17. The lowest BCUT2D eigenvalue weighted by atomic mass is 10.1. The number of ether oxygens (including phenoxy) is 1. The van der Waals surface area contributed by atoms with E-state index in [1.165, 1.54) is 6.42 Å². The second-order valence-electron chi connectivity index (χ2n) is 6.75. The molecule has 0 unspecified atom stereocenters. The molecule has 1 saturated heterocycles. The van der Waals surface area contributed by atoms with Gasteiger partial charge in [-0.15, -0.1) is 0 Å². The Morgan fingerprint density at radius 1 is 0.963 bits per heavy atom. The van der Waals surface area contributed by atoms with Crippen LogP contribution in [0.25, 0.3) is 16.9 Å². The van der Waals surface area contributed by atoms with Crippen LogP contribution >= 0.6 is 0 Å². The first-order chi connectivity index (χ1) is 13.3. The van der Waals surface area contributed by atoms with E-state index < -0.39 is 0 Å². The molecule has 0 spiro atoms. The molecular formula is C22H23N3O2. The molecule has 1 aliphatic heterocycles. The Kier molecular flexibility index (Phi) is 4.92. The standard InChI is InChI=1S/C22H23N3O2/c1-27-19-12-10-17(11-13-19)21-20(22(26)24-14-6-3-7-15-24)16-25(23-21)18-8-4-2-5-9-18/h2,4-5,8-13,16H,3,6-7,14-15H2,1H3. The normalized spacial score (nSPS) is 14.2. The number of benzene rings is 2. The first-order valence-electron chi connectivity index (χ1n) is 9.35. The van der Waals surface area contributed by atoms with Crippen LogP contribution in [0.1, 0.15) is 29.6 Å². The van der Waals surface area contributed by atoms with E-state index in [0.29, 0.717) is 11.3 Å². The van der Waals surface area contributed by atoms with Gasteiger partial charge in [0.15, 0.2) is 0 Å². The van der Waals surface area contributed by atoms with Crippen LogP contribution in [-0.2, 0) is 0 Å². The van der Waals surface area contributed by atoms with Gasteiger partial charge in [0.1, 0.15) is 11.4 Å². The van der Waals surface area contributed by atoms with Crippen LogP contribution in [0.2, 0.25) is 0 Å². The second kappa shape index (κ2) is 7.66. The van der Waals surface area contributed by atoms with Gasteiger partial charge in [-0.05, 0) is 55.7 Å². The van der Waals surface area contributed by atoms with Crippen molar-refractivity contribution in [2.45, 2.75) is 19.3 Å². The van der Waals surface area contributed by atoms with Gasteiger partial charge in [-0.3, -0.25) is 4.79 Å². The highest BCUT2D eigenvalue weighted by molar-refractivity contribution is 6.00. The predicted molar refractivity (Wildman–Crippen MR) is 105 cm³/mol. The molecule has 1 aromatic heterocycles. The fraction of sp³-hybridized carbons (Fsp3) is 0.273. The summed E-state index contributed by atoms with van der Waals surface area (Å²) in [7, 11) is 1.64. The second-order valence-corrected chi connectivity index (χ2v) is 6.75. The number of nitrogens with zero attached hydrogens (tertiary/aromatic N) is 3. The molecule has 0 bridgehead atoms. The van der Waals surface area contributed by atoms with E-state index in [9.17, 15) is 4.79 Å². The minimum atomic E-state index is 0.0581. The number of hydrogen-bond acceptors (Lipinski definition) is 3. The lowest BCUT2D eigenvalue weighted by molar-refractivity contribution is 0.0725. The Bertz CT molecular complexity index is 910. The molecule has 0 aliphatic carbocycles. The Labute approximate surface area is 159 Å². The maximum atomic E-state index is 13.2. The maximum absolute atomic E-state index is 13.2. The average Bonchev–Trinajstić information content (AvgIpc) is 3.20. The molecule has 0 atom stereocenters. The van der Waals surface area contributed by atoms with Crippen LogP contribution in [0.5, 0.6) is 5.75 Å². The van der Waals surface area contributed by atoms with Gasteiger partial charge in [0, 0.05) is 24.8 Å². The molecule has 4 rings (SSSR count). The number of carbonyl (C=O) groups is 1. The van der Waals surface area contributed by atoms with Gasteiger partial charge in [-0.2, -0.15) is 5.10 Å². The minimum Gasteiger partial charge on any atom is -0.497 e. The Balaban J connectivity index is 1.77. The monoisotopic (exact) mass is 361 g/mol. The molecule has 0 N–H and O–H groups in total. The van der Waals surface area contributed by atoms with Crippen molar-refractivity contribution in [3.8, 4) is 22.7 Å². The van der Waals surface area contributed by atoms with Crippen molar-refractivity contribution in [3.05, 3.63) is 66.4 Å². The molecule has 1 fully saturated rings. The van der Waals surface area contributed by atoms with Crippen molar-refractivity contribution in [1.29, 1.82) is 0 Å². The van der Waals surface area contributed by atoms with Gasteiger partial charge in [0.2, 0.25) is 0 Å². The summed E-state index contributed by atoms with van der Waals surface area (Å²) in [5, 5.41) is 4.75. The highest BCUT2D eigenvalue weighted by Gasteiger charge is 2.24. The summed E-state index contributed by atoms with van der Waals surface area (Å²) >= 11 is 0. The first-order valence-corrected chi connectivity index (χ1v) is 9.35. The summed E-state index contributed by atoms with van der Waals surface area (Å²) in [5.41, 5.74) is 3.19. The van der Waals surface area contributed by atoms with E-state index in [4.69, 9.17) is 9.84 Å². The van der Waals surface area contributed by atoms with Crippen LogP contribution in [0, 0.1) is 0 Å². The van der Waals surface area contributed by atoms with Crippen molar-refractivity contribution in [2.75, 3.05) is 20.2 Å². The number of hydrogen-bond donors (Lipinski definition) is 0. The third-order valence-electron chi connectivity index (χ3n) is 4.97. The first kappa shape index (κ1) is 17.3. The summed E-state index contributed by atoms with van der Waals surface area (Å²) in [4.78, 5) is 15.2. The summed E-state index contributed by atoms with van der Waals surface area (Å²) < 4.78 is 7.04. The van der Waals surface area contributed by atoms with E-state index in [0.717, 1.165) is 42.9 Å². The smallest absolute Gasteiger partial charge is 0.257 e. The molecule has 2 heterocycles. The van der Waals surface area contributed by atoms with Crippen molar-refractivity contribution in [1.82, 2.24) is 14.7 Å². The number of para-hydroxylation sites is 1. The Morgan fingerprint density at radius 2 is 1.67 bits per heavy atom. The van der Waals surface area contributed by atoms with Crippen LogP contribution < -0.4 is 4.74 Å². The van der Waals surface area contributed by atoms with Crippen LogP contribution in [-0.4, -0.2) is 40.8 Å². The van der Waals surface area contributed by atoms with E-state index in [2.05, 4.69) is 0 Å². The number of likely N-dealkylation sites (tertiary alicyclic amines) is 1. The molecule has 1 aliphatic rings. The molecule has 5 nitrogen and oxygen atoms in total. The van der Waals surface area contributed by atoms with E-state index in [1.54, 1.807) is 11.8 Å². The van der Waals surface area contributed by atoms with Crippen molar-refractivity contribution >= 4 is 5.91 Å². The minimum absolute atomic E-state index is 0.0581. The van der Waals surface area contributed by atoms with Crippen molar-refractivity contribution in [2.24, 2.45) is 0 Å². The molecule has 1 amide bonds. The fourth-order valence-corrected chi connectivity index (χ4v) is 3.47. The quantitative estimate of drug-likeness (QED) is 0.701. The van der Waals surface area contributed by atoms with Gasteiger partial charge < -0.3 is 9.64 Å². The zero-order valence-corrected chi connectivity index (χ0v) is 15.5. The maximum Gasteiger partial charge on any atom is 0.257 e. The lowest BCUT2D eigenvalue weighted by Crippen LogP contribution is -2.35. The zero-order chi connectivity index (χ0) is 18.6. The van der Waals surface area contributed by atoms with Crippen LogP contribution in [0.3, 0.4) is 0 Å². The Morgan fingerprint density at radius 3 is 2.33 bits per heavy atom. The summed E-state index contributed by atoms with van der Waals surface area (Å²) in [6, 6.07) is 17.6. The highest BCUT2D eigenvalue weighted by Crippen LogP contribution is 2.27. The molecule has 27 heavy (non-hydrogen) atoms. The molecule has 2 aromatic carbocycles. The average molecular weight is 361 g/mol. The number of amides is 1. The van der Waals surface area contributed by atoms with Gasteiger partial charge in [-0.1, -0.05) is 18.2 Å². The van der Waals surface area contributed by atoms with Crippen molar-refractivity contribution in [3.63, 3.8) is 0 Å². The third kappa shape index (κ3) is 3.58. The van der Waals surface area contributed by atoms with Crippen LogP contribution in [0.4, 0.5) is 0 Å². The van der Waals surface area contributed by atoms with E-state index in [1.807, 2.05) is 65.7 Å². The summed E-state index contributed by atoms with van der Waals surface area (Å²) in [6.07, 6.45) is 5.18. The highest BCUT2D eigenvalue weighted by atomic mass is 16.5. The molecule has 0 radical (unpaired) electrons. The van der Waals surface area contributed by atoms with E-state index >= 15 is 0 Å². The zero-order valence-electron chi connectivity index (χ0n) is 15.5. The van der Waals surface area contributed by atoms with Crippen molar-refractivity contribution < 1.29 is 9.53 Å².